The maximum Gasteiger partial charge on any atom is 0.350 e. The van der Waals surface area contributed by atoms with Gasteiger partial charge in [-0.25, -0.2) is 18.4 Å². The lowest BCUT2D eigenvalue weighted by Crippen LogP contribution is -2.21. The van der Waals surface area contributed by atoms with Crippen molar-refractivity contribution in [3.05, 3.63) is 93.6 Å². The van der Waals surface area contributed by atoms with Crippen LogP contribution in [0.2, 0.25) is 5.02 Å². The molecule has 3 heterocycles. The van der Waals surface area contributed by atoms with E-state index in [4.69, 9.17) is 11.6 Å². The molecule has 0 aliphatic heterocycles. The van der Waals surface area contributed by atoms with Gasteiger partial charge in [0.25, 0.3) is 0 Å². The standard InChI is InChI=1S/C23H20ClN5O/c1-15(2)16-7-9-17(10-8-16)20-13-21-22-26-29(14-18-5-3-4-6-19(18)24)23(30)27(22)11-12-28(21)25-20/h3-13,15H,14H2,1-2H3. The molecule has 0 saturated heterocycles. The van der Waals surface area contributed by atoms with Crippen LogP contribution in [0.3, 0.4) is 0 Å². The van der Waals surface area contributed by atoms with Crippen molar-refractivity contribution in [1.82, 2.24) is 23.8 Å². The highest BCUT2D eigenvalue weighted by Crippen LogP contribution is 2.24. The number of halogens is 1. The summed E-state index contributed by atoms with van der Waals surface area (Å²) >= 11 is 6.26. The van der Waals surface area contributed by atoms with Gasteiger partial charge in [0, 0.05) is 23.0 Å². The van der Waals surface area contributed by atoms with Crippen molar-refractivity contribution < 1.29 is 0 Å². The molecule has 0 saturated carbocycles. The first kappa shape index (κ1) is 18.6. The molecule has 0 spiro atoms. The molecule has 30 heavy (non-hydrogen) atoms. The molecule has 5 rings (SSSR count). The van der Waals surface area contributed by atoms with Gasteiger partial charge >= 0.3 is 5.69 Å². The van der Waals surface area contributed by atoms with Crippen LogP contribution < -0.4 is 5.69 Å². The number of hydrogen-bond acceptors (Lipinski definition) is 3. The van der Waals surface area contributed by atoms with Crippen molar-refractivity contribution in [2.75, 3.05) is 0 Å². The molecule has 0 aliphatic carbocycles. The van der Waals surface area contributed by atoms with E-state index in [1.807, 2.05) is 30.3 Å². The minimum absolute atomic E-state index is 0.212. The molecule has 150 valence electrons. The molecule has 0 atom stereocenters. The van der Waals surface area contributed by atoms with Gasteiger partial charge in [-0.05, 0) is 29.2 Å². The summed E-state index contributed by atoms with van der Waals surface area (Å²) < 4.78 is 4.73. The Morgan fingerprint density at radius 1 is 1.00 bits per heavy atom. The summed E-state index contributed by atoms with van der Waals surface area (Å²) in [5.41, 5.74) is 5.12. The van der Waals surface area contributed by atoms with Gasteiger partial charge in [-0.2, -0.15) is 5.10 Å². The molecule has 0 fully saturated rings. The van der Waals surface area contributed by atoms with E-state index >= 15 is 0 Å². The molecule has 0 unspecified atom stereocenters. The summed E-state index contributed by atoms with van der Waals surface area (Å²) in [4.78, 5) is 12.9. The Balaban J connectivity index is 1.60. The molecule has 2 aromatic carbocycles. The number of hydrogen-bond donors (Lipinski definition) is 0. The summed E-state index contributed by atoms with van der Waals surface area (Å²) in [5, 5.41) is 9.86. The largest absolute Gasteiger partial charge is 0.350 e. The molecule has 0 aliphatic rings. The first-order valence-electron chi connectivity index (χ1n) is 9.82. The Labute approximate surface area is 178 Å². The maximum atomic E-state index is 12.9. The highest BCUT2D eigenvalue weighted by molar-refractivity contribution is 6.31. The number of fused-ring (bicyclic) bond motifs is 3. The van der Waals surface area contributed by atoms with E-state index in [1.54, 1.807) is 21.3 Å². The summed E-state index contributed by atoms with van der Waals surface area (Å²) in [6, 6.07) is 17.8. The van der Waals surface area contributed by atoms with E-state index in [0.29, 0.717) is 23.1 Å². The zero-order chi connectivity index (χ0) is 20.8. The average Bonchev–Trinajstić information content (AvgIpc) is 3.31. The normalized spacial score (nSPS) is 11.7. The van der Waals surface area contributed by atoms with Crippen LogP contribution in [0.4, 0.5) is 0 Å². The third-order valence-electron chi connectivity index (χ3n) is 5.34. The molecule has 6 nitrogen and oxygen atoms in total. The minimum Gasteiger partial charge on any atom is -0.247 e. The quantitative estimate of drug-likeness (QED) is 0.428. The minimum atomic E-state index is -0.212. The van der Waals surface area contributed by atoms with Crippen LogP contribution in [-0.2, 0) is 6.54 Å². The number of nitrogens with zero attached hydrogens (tertiary/aromatic N) is 5. The lowest BCUT2D eigenvalue weighted by atomic mass is 10.0. The van der Waals surface area contributed by atoms with Crippen LogP contribution in [0.15, 0.2) is 71.8 Å². The van der Waals surface area contributed by atoms with Gasteiger partial charge in [0.1, 0.15) is 5.52 Å². The Bertz CT molecular complexity index is 1430. The predicted molar refractivity (Wildman–Crippen MR) is 118 cm³/mol. The lowest BCUT2D eigenvalue weighted by Gasteiger charge is -2.05. The Morgan fingerprint density at radius 3 is 2.50 bits per heavy atom. The van der Waals surface area contributed by atoms with Gasteiger partial charge in [-0.1, -0.05) is 67.9 Å². The fraction of sp³-hybridized carbons (Fsp3) is 0.174. The van der Waals surface area contributed by atoms with E-state index in [1.165, 1.54) is 10.2 Å². The van der Waals surface area contributed by atoms with Crippen LogP contribution in [0.5, 0.6) is 0 Å². The average molecular weight is 418 g/mol. The SMILES string of the molecule is CC(C)c1ccc(-c2cc3c4nn(Cc5ccccc5Cl)c(=O)n4ccn3n2)cc1. The lowest BCUT2D eigenvalue weighted by molar-refractivity contribution is 0.659. The monoisotopic (exact) mass is 417 g/mol. The van der Waals surface area contributed by atoms with Gasteiger partial charge in [0.05, 0.1) is 12.2 Å². The fourth-order valence-electron chi connectivity index (χ4n) is 3.60. The van der Waals surface area contributed by atoms with Crippen molar-refractivity contribution in [2.45, 2.75) is 26.3 Å². The van der Waals surface area contributed by atoms with Crippen LogP contribution >= 0.6 is 11.6 Å². The van der Waals surface area contributed by atoms with E-state index in [9.17, 15) is 4.79 Å². The molecule has 5 aromatic rings. The first-order valence-corrected chi connectivity index (χ1v) is 10.2. The fourth-order valence-corrected chi connectivity index (χ4v) is 3.80. The van der Waals surface area contributed by atoms with E-state index in [2.05, 4.69) is 48.3 Å². The van der Waals surface area contributed by atoms with Gasteiger partial charge in [0.15, 0.2) is 5.65 Å². The van der Waals surface area contributed by atoms with Crippen LogP contribution in [0.25, 0.3) is 22.4 Å². The zero-order valence-corrected chi connectivity index (χ0v) is 17.4. The van der Waals surface area contributed by atoms with Crippen molar-refractivity contribution in [1.29, 1.82) is 0 Å². The summed E-state index contributed by atoms with van der Waals surface area (Å²) in [6.45, 7) is 4.66. The number of rotatable bonds is 4. The van der Waals surface area contributed by atoms with Crippen molar-refractivity contribution >= 4 is 22.8 Å². The highest BCUT2D eigenvalue weighted by atomic mass is 35.5. The van der Waals surface area contributed by atoms with E-state index in [0.717, 1.165) is 22.3 Å². The Kier molecular flexibility index (Phi) is 4.44. The van der Waals surface area contributed by atoms with Crippen LogP contribution in [0, 0.1) is 0 Å². The van der Waals surface area contributed by atoms with E-state index in [-0.39, 0.29) is 5.69 Å². The molecule has 0 radical (unpaired) electrons. The van der Waals surface area contributed by atoms with E-state index < -0.39 is 0 Å². The number of benzene rings is 2. The topological polar surface area (TPSA) is 56.6 Å². The van der Waals surface area contributed by atoms with Crippen LogP contribution in [0.1, 0.15) is 30.9 Å². The molecule has 3 aromatic heterocycles. The molecule has 0 bridgehead atoms. The van der Waals surface area contributed by atoms with Gasteiger partial charge in [0.2, 0.25) is 0 Å². The summed E-state index contributed by atoms with van der Waals surface area (Å²) in [7, 11) is 0. The molecule has 0 amide bonds. The third-order valence-corrected chi connectivity index (χ3v) is 5.71. The van der Waals surface area contributed by atoms with Crippen molar-refractivity contribution in [2.24, 2.45) is 0 Å². The molecule has 0 N–H and O–H groups in total. The van der Waals surface area contributed by atoms with Crippen LogP contribution in [-0.4, -0.2) is 23.8 Å². The second-order valence-corrected chi connectivity index (χ2v) is 8.07. The number of aromatic nitrogens is 5. The molecular formula is C23H20ClN5O. The zero-order valence-electron chi connectivity index (χ0n) is 16.7. The smallest absolute Gasteiger partial charge is 0.247 e. The third kappa shape index (κ3) is 3.09. The maximum absolute atomic E-state index is 12.9. The van der Waals surface area contributed by atoms with Gasteiger partial charge in [-0.15, -0.1) is 5.10 Å². The first-order chi connectivity index (χ1) is 14.5. The molecule has 7 heteroatoms. The van der Waals surface area contributed by atoms with Gasteiger partial charge in [-0.3, -0.25) is 0 Å². The summed E-state index contributed by atoms with van der Waals surface area (Å²) in [6.07, 6.45) is 3.47. The van der Waals surface area contributed by atoms with Crippen molar-refractivity contribution in [3.8, 4) is 11.3 Å². The van der Waals surface area contributed by atoms with Gasteiger partial charge < -0.3 is 0 Å². The van der Waals surface area contributed by atoms with Crippen molar-refractivity contribution in [3.63, 3.8) is 0 Å². The second-order valence-electron chi connectivity index (χ2n) is 7.66. The Hall–Kier alpha value is -3.38. The molecular weight excluding hydrogens is 398 g/mol. The highest BCUT2D eigenvalue weighted by Gasteiger charge is 2.14. The second kappa shape index (κ2) is 7.15. The summed E-state index contributed by atoms with van der Waals surface area (Å²) in [5.74, 6) is 0.480. The predicted octanol–water partition coefficient (Wildman–Crippen LogP) is 4.64. The Morgan fingerprint density at radius 2 is 1.77 bits per heavy atom.